The maximum absolute atomic E-state index is 11.3. The van der Waals surface area contributed by atoms with Gasteiger partial charge in [-0.2, -0.15) is 0 Å². The number of hydrogen-bond donors (Lipinski definition) is 2. The van der Waals surface area contributed by atoms with Crippen molar-refractivity contribution < 1.29 is 14.7 Å². The van der Waals surface area contributed by atoms with Crippen LogP contribution in [0.5, 0.6) is 0 Å². The molecule has 0 radical (unpaired) electrons. The number of carbonyl (C=O) groups excluding carboxylic acids is 1. The van der Waals surface area contributed by atoms with Crippen LogP contribution < -0.4 is 5.32 Å². The van der Waals surface area contributed by atoms with E-state index in [9.17, 15) is 9.59 Å². The number of aliphatic carboxylic acids is 1. The number of rotatable bonds is 7. The van der Waals surface area contributed by atoms with Gasteiger partial charge in [0.05, 0.1) is 0 Å². The molecule has 1 fully saturated rings. The van der Waals surface area contributed by atoms with Gasteiger partial charge in [-0.1, -0.05) is 25.7 Å². The monoisotopic (exact) mass is 227 g/mol. The van der Waals surface area contributed by atoms with E-state index in [4.69, 9.17) is 5.11 Å². The molecule has 1 aliphatic carbocycles. The lowest BCUT2D eigenvalue weighted by atomic mass is 10.0. The lowest BCUT2D eigenvalue weighted by Crippen LogP contribution is -2.25. The molecule has 4 heteroatoms. The highest BCUT2D eigenvalue weighted by Gasteiger charge is 2.14. The van der Waals surface area contributed by atoms with E-state index in [2.05, 4.69) is 5.32 Å². The average molecular weight is 227 g/mol. The molecule has 0 aliphatic heterocycles. The topological polar surface area (TPSA) is 66.4 Å². The Morgan fingerprint density at radius 2 is 1.88 bits per heavy atom. The first-order valence-electron chi connectivity index (χ1n) is 6.17. The highest BCUT2D eigenvalue weighted by molar-refractivity contribution is 5.76. The van der Waals surface area contributed by atoms with Crippen molar-refractivity contribution in [3.63, 3.8) is 0 Å². The lowest BCUT2D eigenvalue weighted by Gasteiger charge is -2.09. The van der Waals surface area contributed by atoms with Crippen molar-refractivity contribution >= 4 is 11.9 Å². The van der Waals surface area contributed by atoms with E-state index in [0.29, 0.717) is 12.8 Å². The number of nitrogens with one attached hydrogen (secondary N) is 1. The molecule has 1 rings (SSSR count). The Balaban J connectivity index is 1.95. The second-order valence-electron chi connectivity index (χ2n) is 4.54. The standard InChI is InChI=1S/C12H21NO3/c14-11(6-3-7-12(15)16)13-9-8-10-4-1-2-5-10/h10H,1-9H2,(H,13,14)(H,15,16). The minimum Gasteiger partial charge on any atom is -0.481 e. The molecule has 0 aromatic carbocycles. The van der Waals surface area contributed by atoms with E-state index in [0.717, 1.165) is 18.9 Å². The summed E-state index contributed by atoms with van der Waals surface area (Å²) in [5.74, 6) is -0.0580. The van der Waals surface area contributed by atoms with Crippen molar-refractivity contribution in [3.8, 4) is 0 Å². The van der Waals surface area contributed by atoms with Crippen LogP contribution in [0.15, 0.2) is 0 Å². The Morgan fingerprint density at radius 1 is 1.19 bits per heavy atom. The van der Waals surface area contributed by atoms with Gasteiger partial charge in [0.15, 0.2) is 0 Å². The number of carboxylic acids is 1. The molecule has 92 valence electrons. The molecular formula is C12H21NO3. The van der Waals surface area contributed by atoms with Crippen LogP contribution in [0.4, 0.5) is 0 Å². The molecule has 0 heterocycles. The third-order valence-electron chi connectivity index (χ3n) is 3.14. The molecule has 1 saturated carbocycles. The Hall–Kier alpha value is -1.06. The summed E-state index contributed by atoms with van der Waals surface area (Å²) >= 11 is 0. The predicted molar refractivity (Wildman–Crippen MR) is 61.1 cm³/mol. The van der Waals surface area contributed by atoms with Gasteiger partial charge in [-0.3, -0.25) is 9.59 Å². The van der Waals surface area contributed by atoms with Crippen LogP contribution in [0.2, 0.25) is 0 Å². The number of carbonyl (C=O) groups is 2. The summed E-state index contributed by atoms with van der Waals surface area (Å²) in [5, 5.41) is 11.3. The van der Waals surface area contributed by atoms with Crippen LogP contribution in [-0.4, -0.2) is 23.5 Å². The molecule has 1 amide bonds. The summed E-state index contributed by atoms with van der Waals surface area (Å²) in [7, 11) is 0. The summed E-state index contributed by atoms with van der Waals surface area (Å²) < 4.78 is 0. The maximum atomic E-state index is 11.3. The maximum Gasteiger partial charge on any atom is 0.303 e. The molecule has 0 aromatic heterocycles. The quantitative estimate of drug-likeness (QED) is 0.698. The lowest BCUT2D eigenvalue weighted by molar-refractivity contribution is -0.137. The molecule has 0 atom stereocenters. The van der Waals surface area contributed by atoms with Crippen molar-refractivity contribution in [1.82, 2.24) is 5.32 Å². The van der Waals surface area contributed by atoms with E-state index in [1.54, 1.807) is 0 Å². The van der Waals surface area contributed by atoms with Gasteiger partial charge in [0.1, 0.15) is 0 Å². The van der Waals surface area contributed by atoms with E-state index >= 15 is 0 Å². The van der Waals surface area contributed by atoms with Gasteiger partial charge in [-0.15, -0.1) is 0 Å². The second-order valence-corrected chi connectivity index (χ2v) is 4.54. The SMILES string of the molecule is O=C(O)CCCC(=O)NCCC1CCCC1. The first-order chi connectivity index (χ1) is 7.68. The zero-order chi connectivity index (χ0) is 11.8. The van der Waals surface area contributed by atoms with Crippen molar-refractivity contribution in [2.24, 2.45) is 5.92 Å². The molecule has 4 nitrogen and oxygen atoms in total. The summed E-state index contributed by atoms with van der Waals surface area (Å²) in [6, 6.07) is 0. The molecule has 0 saturated heterocycles. The number of carboxylic acid groups (broad SMARTS) is 1. The molecule has 16 heavy (non-hydrogen) atoms. The second kappa shape index (κ2) is 7.25. The van der Waals surface area contributed by atoms with Gasteiger partial charge in [0, 0.05) is 19.4 Å². The highest BCUT2D eigenvalue weighted by atomic mass is 16.4. The van der Waals surface area contributed by atoms with Crippen LogP contribution in [0.3, 0.4) is 0 Å². The molecule has 0 bridgehead atoms. The van der Waals surface area contributed by atoms with Gasteiger partial charge >= 0.3 is 5.97 Å². The first kappa shape index (κ1) is 13.0. The van der Waals surface area contributed by atoms with Crippen molar-refractivity contribution in [3.05, 3.63) is 0 Å². The van der Waals surface area contributed by atoms with E-state index in [-0.39, 0.29) is 12.3 Å². The van der Waals surface area contributed by atoms with Crippen molar-refractivity contribution in [2.75, 3.05) is 6.54 Å². The molecular weight excluding hydrogens is 206 g/mol. The molecule has 2 N–H and O–H groups in total. The predicted octanol–water partition coefficient (Wildman–Crippen LogP) is 1.94. The Bertz CT molecular complexity index is 234. The first-order valence-corrected chi connectivity index (χ1v) is 6.17. The normalized spacial score (nSPS) is 16.2. The summed E-state index contributed by atoms with van der Waals surface area (Å²) in [6.07, 6.45) is 7.18. The van der Waals surface area contributed by atoms with Crippen LogP contribution >= 0.6 is 0 Å². The Labute approximate surface area is 96.4 Å². The van der Waals surface area contributed by atoms with Gasteiger partial charge < -0.3 is 10.4 Å². The summed E-state index contributed by atoms with van der Waals surface area (Å²) in [5.41, 5.74) is 0. The fourth-order valence-electron chi connectivity index (χ4n) is 2.20. The number of hydrogen-bond acceptors (Lipinski definition) is 2. The third kappa shape index (κ3) is 5.73. The molecule has 0 unspecified atom stereocenters. The van der Waals surface area contributed by atoms with E-state index in [1.807, 2.05) is 0 Å². The summed E-state index contributed by atoms with van der Waals surface area (Å²) in [4.78, 5) is 21.5. The Morgan fingerprint density at radius 3 is 2.50 bits per heavy atom. The van der Waals surface area contributed by atoms with Gasteiger partial charge in [0.2, 0.25) is 5.91 Å². The number of amides is 1. The zero-order valence-corrected chi connectivity index (χ0v) is 9.71. The van der Waals surface area contributed by atoms with Crippen LogP contribution in [-0.2, 0) is 9.59 Å². The average Bonchev–Trinajstić information content (AvgIpc) is 2.70. The van der Waals surface area contributed by atoms with E-state index in [1.165, 1.54) is 25.7 Å². The molecule has 1 aliphatic rings. The summed E-state index contributed by atoms with van der Waals surface area (Å²) in [6.45, 7) is 0.747. The van der Waals surface area contributed by atoms with Gasteiger partial charge in [-0.05, 0) is 18.8 Å². The van der Waals surface area contributed by atoms with Crippen LogP contribution in [0, 0.1) is 5.92 Å². The minimum absolute atomic E-state index is 0.0146. The fourth-order valence-corrected chi connectivity index (χ4v) is 2.20. The largest absolute Gasteiger partial charge is 0.481 e. The highest BCUT2D eigenvalue weighted by Crippen LogP contribution is 2.26. The molecule has 0 aromatic rings. The zero-order valence-electron chi connectivity index (χ0n) is 9.71. The third-order valence-corrected chi connectivity index (χ3v) is 3.14. The Kier molecular flexibility index (Phi) is 5.90. The van der Waals surface area contributed by atoms with Crippen molar-refractivity contribution in [1.29, 1.82) is 0 Å². The smallest absolute Gasteiger partial charge is 0.303 e. The van der Waals surface area contributed by atoms with Crippen LogP contribution in [0.1, 0.15) is 51.4 Å². The fraction of sp³-hybridized carbons (Fsp3) is 0.833. The molecule has 0 spiro atoms. The minimum atomic E-state index is -0.834. The van der Waals surface area contributed by atoms with Crippen molar-refractivity contribution in [2.45, 2.75) is 51.4 Å². The van der Waals surface area contributed by atoms with Crippen LogP contribution in [0.25, 0.3) is 0 Å². The van der Waals surface area contributed by atoms with E-state index < -0.39 is 5.97 Å². The van der Waals surface area contributed by atoms with Gasteiger partial charge in [-0.25, -0.2) is 0 Å². The van der Waals surface area contributed by atoms with Gasteiger partial charge in [0.25, 0.3) is 0 Å².